The molecule has 0 atom stereocenters. The van der Waals surface area contributed by atoms with E-state index < -0.39 is 10.0 Å². The molecule has 1 N–H and O–H groups in total. The highest BCUT2D eigenvalue weighted by atomic mass is 79.9. The van der Waals surface area contributed by atoms with Crippen LogP contribution in [0.2, 0.25) is 0 Å². The predicted octanol–water partition coefficient (Wildman–Crippen LogP) is 4.82. The molecule has 0 heterocycles. The molecule has 0 saturated carbocycles. The lowest BCUT2D eigenvalue weighted by Gasteiger charge is -2.21. The van der Waals surface area contributed by atoms with Crippen molar-refractivity contribution in [3.8, 4) is 0 Å². The van der Waals surface area contributed by atoms with E-state index in [1.807, 2.05) is 26.8 Å². The quantitative estimate of drug-likeness (QED) is 0.623. The summed E-state index contributed by atoms with van der Waals surface area (Å²) in [5, 5.41) is 0. The van der Waals surface area contributed by atoms with Gasteiger partial charge in [-0.3, -0.25) is 9.52 Å². The number of aryl methyl sites for hydroxylation is 1. The van der Waals surface area contributed by atoms with Crippen LogP contribution in [0.1, 0.15) is 42.6 Å². The van der Waals surface area contributed by atoms with Crippen LogP contribution in [0.4, 0.5) is 5.69 Å². The van der Waals surface area contributed by atoms with Crippen molar-refractivity contribution >= 4 is 37.5 Å². The van der Waals surface area contributed by atoms with Crippen LogP contribution in [-0.4, -0.2) is 32.3 Å². The van der Waals surface area contributed by atoms with Crippen LogP contribution in [0.25, 0.3) is 0 Å². The Balaban J connectivity index is 2.32. The minimum atomic E-state index is -3.81. The van der Waals surface area contributed by atoms with Gasteiger partial charge in [0, 0.05) is 23.1 Å². The van der Waals surface area contributed by atoms with Crippen LogP contribution in [-0.2, 0) is 10.0 Å². The Kier molecular flexibility index (Phi) is 7.44. The number of hydrogen-bond donors (Lipinski definition) is 1. The molecule has 2 aromatic carbocycles. The van der Waals surface area contributed by atoms with E-state index in [9.17, 15) is 13.2 Å². The molecule has 0 saturated heterocycles. The van der Waals surface area contributed by atoms with Gasteiger partial charge < -0.3 is 4.90 Å². The molecular formula is C20H25BrN2O3S. The summed E-state index contributed by atoms with van der Waals surface area (Å²) >= 11 is 3.36. The molecule has 2 rings (SSSR count). The molecule has 0 spiro atoms. The fourth-order valence-electron chi connectivity index (χ4n) is 2.75. The number of rotatable bonds is 8. The molecule has 0 aliphatic rings. The van der Waals surface area contributed by atoms with Gasteiger partial charge in [0.05, 0.1) is 10.6 Å². The molecule has 1 amide bonds. The highest BCUT2D eigenvalue weighted by Crippen LogP contribution is 2.26. The molecule has 0 bridgehead atoms. The highest BCUT2D eigenvalue weighted by Gasteiger charge is 2.20. The molecule has 27 heavy (non-hydrogen) atoms. The van der Waals surface area contributed by atoms with E-state index >= 15 is 0 Å². The van der Waals surface area contributed by atoms with Gasteiger partial charge in [0.15, 0.2) is 0 Å². The second-order valence-electron chi connectivity index (χ2n) is 6.41. The average molecular weight is 453 g/mol. The largest absolute Gasteiger partial charge is 0.339 e. The molecule has 0 unspecified atom stereocenters. The van der Waals surface area contributed by atoms with Crippen molar-refractivity contribution in [2.24, 2.45) is 0 Å². The Morgan fingerprint density at radius 3 is 2.37 bits per heavy atom. The summed E-state index contributed by atoms with van der Waals surface area (Å²) < 4.78 is 28.9. The SMILES string of the molecule is CCCN(CCC)C(=O)c1cccc(S(=O)(=O)Nc2cc(C)ccc2Br)c1. The lowest BCUT2D eigenvalue weighted by atomic mass is 10.2. The second-order valence-corrected chi connectivity index (χ2v) is 8.95. The maximum absolute atomic E-state index is 12.8. The monoisotopic (exact) mass is 452 g/mol. The Bertz CT molecular complexity index is 907. The van der Waals surface area contributed by atoms with Gasteiger partial charge in [-0.25, -0.2) is 8.42 Å². The van der Waals surface area contributed by atoms with E-state index in [1.165, 1.54) is 12.1 Å². The Hall–Kier alpha value is -1.86. The van der Waals surface area contributed by atoms with Crippen molar-refractivity contribution in [3.63, 3.8) is 0 Å². The number of nitrogens with zero attached hydrogens (tertiary/aromatic N) is 1. The van der Waals surface area contributed by atoms with E-state index in [2.05, 4.69) is 20.7 Å². The van der Waals surface area contributed by atoms with Crippen LogP contribution in [0.15, 0.2) is 51.8 Å². The van der Waals surface area contributed by atoms with Crippen LogP contribution in [0.5, 0.6) is 0 Å². The first-order valence-electron chi connectivity index (χ1n) is 8.96. The van der Waals surface area contributed by atoms with Crippen molar-refractivity contribution < 1.29 is 13.2 Å². The maximum Gasteiger partial charge on any atom is 0.261 e. The molecule has 0 aliphatic heterocycles. The third kappa shape index (κ3) is 5.56. The van der Waals surface area contributed by atoms with E-state index in [-0.39, 0.29) is 10.8 Å². The summed E-state index contributed by atoms with van der Waals surface area (Å²) in [6.07, 6.45) is 1.71. The van der Waals surface area contributed by atoms with Gasteiger partial charge in [0.2, 0.25) is 0 Å². The van der Waals surface area contributed by atoms with Crippen molar-refractivity contribution in [1.82, 2.24) is 4.90 Å². The zero-order valence-corrected chi connectivity index (χ0v) is 18.2. The van der Waals surface area contributed by atoms with Crippen molar-refractivity contribution in [2.45, 2.75) is 38.5 Å². The lowest BCUT2D eigenvalue weighted by Crippen LogP contribution is -2.32. The Morgan fingerprint density at radius 2 is 1.74 bits per heavy atom. The zero-order valence-electron chi connectivity index (χ0n) is 15.8. The summed E-state index contributed by atoms with van der Waals surface area (Å²) in [6.45, 7) is 7.22. The molecule has 2 aromatic rings. The predicted molar refractivity (Wildman–Crippen MR) is 113 cm³/mol. The zero-order chi connectivity index (χ0) is 20.0. The van der Waals surface area contributed by atoms with Gasteiger partial charge in [0.25, 0.3) is 15.9 Å². The van der Waals surface area contributed by atoms with Gasteiger partial charge in [-0.2, -0.15) is 0 Å². The van der Waals surface area contributed by atoms with E-state index in [0.29, 0.717) is 28.8 Å². The number of benzene rings is 2. The van der Waals surface area contributed by atoms with Gasteiger partial charge in [-0.15, -0.1) is 0 Å². The van der Waals surface area contributed by atoms with Crippen LogP contribution < -0.4 is 4.72 Å². The van der Waals surface area contributed by atoms with Crippen molar-refractivity contribution in [3.05, 3.63) is 58.1 Å². The first-order valence-corrected chi connectivity index (χ1v) is 11.2. The van der Waals surface area contributed by atoms with Crippen molar-refractivity contribution in [1.29, 1.82) is 0 Å². The third-order valence-corrected chi connectivity index (χ3v) is 6.09. The number of carbonyl (C=O) groups is 1. The summed E-state index contributed by atoms with van der Waals surface area (Å²) in [5.74, 6) is -0.146. The molecule has 0 radical (unpaired) electrons. The van der Waals surface area contributed by atoms with Crippen LogP contribution in [0.3, 0.4) is 0 Å². The summed E-state index contributed by atoms with van der Waals surface area (Å²) in [4.78, 5) is 14.6. The lowest BCUT2D eigenvalue weighted by molar-refractivity contribution is 0.0755. The number of sulfonamides is 1. The summed E-state index contributed by atoms with van der Waals surface area (Å²) in [5.41, 5.74) is 1.78. The molecule has 0 fully saturated rings. The number of anilines is 1. The number of nitrogens with one attached hydrogen (secondary N) is 1. The minimum Gasteiger partial charge on any atom is -0.339 e. The molecule has 5 nitrogen and oxygen atoms in total. The number of hydrogen-bond acceptors (Lipinski definition) is 3. The maximum atomic E-state index is 12.8. The van der Waals surface area contributed by atoms with E-state index in [4.69, 9.17) is 0 Å². The number of halogens is 1. The topological polar surface area (TPSA) is 66.5 Å². The van der Waals surface area contributed by atoms with E-state index in [0.717, 1.165) is 18.4 Å². The number of carbonyl (C=O) groups excluding carboxylic acids is 1. The molecule has 0 aromatic heterocycles. The van der Waals surface area contributed by atoms with E-state index in [1.54, 1.807) is 29.2 Å². The molecule has 0 aliphatic carbocycles. The fourth-order valence-corrected chi connectivity index (χ4v) is 4.35. The normalized spacial score (nSPS) is 11.3. The smallest absolute Gasteiger partial charge is 0.261 e. The Labute approximate surface area is 170 Å². The minimum absolute atomic E-state index is 0.0645. The number of amides is 1. The molecule has 7 heteroatoms. The second kappa shape index (κ2) is 9.37. The van der Waals surface area contributed by atoms with Gasteiger partial charge in [-0.1, -0.05) is 26.0 Å². The van der Waals surface area contributed by atoms with Crippen molar-refractivity contribution in [2.75, 3.05) is 17.8 Å². The average Bonchev–Trinajstić information content (AvgIpc) is 2.64. The van der Waals surface area contributed by atoms with Crippen LogP contribution >= 0.6 is 15.9 Å². The Morgan fingerprint density at radius 1 is 1.07 bits per heavy atom. The summed E-state index contributed by atoms with van der Waals surface area (Å²) in [6, 6.07) is 11.6. The molecular weight excluding hydrogens is 428 g/mol. The third-order valence-electron chi connectivity index (χ3n) is 4.03. The summed E-state index contributed by atoms with van der Waals surface area (Å²) in [7, 11) is -3.81. The first-order chi connectivity index (χ1) is 12.8. The standard InChI is InChI=1S/C20H25BrN2O3S/c1-4-11-23(12-5-2)20(24)16-7-6-8-17(14-16)27(25,26)22-19-13-15(3)9-10-18(19)21/h6-10,13-14,22H,4-5,11-12H2,1-3H3. The van der Waals surface area contributed by atoms with Gasteiger partial charge >= 0.3 is 0 Å². The molecule has 146 valence electrons. The fraction of sp³-hybridized carbons (Fsp3) is 0.350. The van der Waals surface area contributed by atoms with Gasteiger partial charge in [0.1, 0.15) is 0 Å². The van der Waals surface area contributed by atoms with Crippen LogP contribution in [0, 0.1) is 6.92 Å². The van der Waals surface area contributed by atoms with Gasteiger partial charge in [-0.05, 0) is 71.6 Å². The first kappa shape index (κ1) is 21.4. The highest BCUT2D eigenvalue weighted by molar-refractivity contribution is 9.10.